The van der Waals surface area contributed by atoms with Gasteiger partial charge in [-0.25, -0.2) is 0 Å². The molecule has 0 rings (SSSR count). The molecule has 0 aromatic carbocycles. The lowest BCUT2D eigenvalue weighted by Crippen LogP contribution is -2.24. The van der Waals surface area contributed by atoms with Crippen LogP contribution in [-0.4, -0.2) is 12.7 Å². The van der Waals surface area contributed by atoms with Crippen LogP contribution in [0.1, 0.15) is 26.7 Å². The molecule has 0 fully saturated rings. The first-order chi connectivity index (χ1) is 4.18. The summed E-state index contributed by atoms with van der Waals surface area (Å²) >= 11 is 0. The van der Waals surface area contributed by atoms with Crippen molar-refractivity contribution in [1.29, 1.82) is 0 Å². The lowest BCUT2D eigenvalue weighted by Gasteiger charge is -2.24. The van der Waals surface area contributed by atoms with Crippen LogP contribution in [0.3, 0.4) is 0 Å². The summed E-state index contributed by atoms with van der Waals surface area (Å²) in [6.45, 7) is 7.87. The summed E-state index contributed by atoms with van der Waals surface area (Å²) in [5.41, 5.74) is 0.0156. The van der Waals surface area contributed by atoms with Crippen molar-refractivity contribution >= 4 is 0 Å². The molecule has 1 atom stereocenters. The zero-order chi connectivity index (χ0) is 7.33. The SMILES string of the molecule is C=CCC(C)(CC)OC. The predicted octanol–water partition coefficient (Wildman–Crippen LogP) is 2.38. The van der Waals surface area contributed by atoms with Gasteiger partial charge < -0.3 is 4.74 Å². The van der Waals surface area contributed by atoms with Gasteiger partial charge in [-0.3, -0.25) is 0 Å². The molecular formula is C8H16O. The maximum absolute atomic E-state index is 5.26. The Bertz CT molecular complexity index is 82.6. The molecule has 0 saturated heterocycles. The van der Waals surface area contributed by atoms with Crippen molar-refractivity contribution in [3.8, 4) is 0 Å². The quantitative estimate of drug-likeness (QED) is 0.528. The van der Waals surface area contributed by atoms with Crippen LogP contribution >= 0.6 is 0 Å². The maximum Gasteiger partial charge on any atom is 0.0682 e. The zero-order valence-corrected chi connectivity index (χ0v) is 6.61. The Morgan fingerprint density at radius 3 is 2.33 bits per heavy atom. The number of ether oxygens (including phenoxy) is 1. The molecule has 0 N–H and O–H groups in total. The van der Waals surface area contributed by atoms with Crippen molar-refractivity contribution in [2.45, 2.75) is 32.3 Å². The number of methoxy groups -OCH3 is 1. The third-order valence-electron chi connectivity index (χ3n) is 1.82. The second-order valence-corrected chi connectivity index (χ2v) is 2.50. The van der Waals surface area contributed by atoms with Crippen molar-refractivity contribution in [3.63, 3.8) is 0 Å². The van der Waals surface area contributed by atoms with Crippen LogP contribution in [0.2, 0.25) is 0 Å². The maximum atomic E-state index is 5.26. The second-order valence-electron chi connectivity index (χ2n) is 2.50. The lowest BCUT2D eigenvalue weighted by atomic mass is 9.99. The monoisotopic (exact) mass is 128 g/mol. The van der Waals surface area contributed by atoms with E-state index < -0.39 is 0 Å². The fourth-order valence-electron chi connectivity index (χ4n) is 0.677. The van der Waals surface area contributed by atoms with Crippen molar-refractivity contribution in [2.75, 3.05) is 7.11 Å². The van der Waals surface area contributed by atoms with E-state index in [-0.39, 0.29) is 5.60 Å². The summed E-state index contributed by atoms with van der Waals surface area (Å²) in [5, 5.41) is 0. The highest BCUT2D eigenvalue weighted by Gasteiger charge is 2.17. The van der Waals surface area contributed by atoms with Crippen molar-refractivity contribution in [1.82, 2.24) is 0 Å². The summed E-state index contributed by atoms with van der Waals surface area (Å²) in [5.74, 6) is 0. The first kappa shape index (κ1) is 8.70. The van der Waals surface area contributed by atoms with Crippen LogP contribution < -0.4 is 0 Å². The van der Waals surface area contributed by atoms with Gasteiger partial charge in [0.2, 0.25) is 0 Å². The summed E-state index contributed by atoms with van der Waals surface area (Å²) in [6, 6.07) is 0. The van der Waals surface area contributed by atoms with Crippen LogP contribution in [0.15, 0.2) is 12.7 Å². The normalized spacial score (nSPS) is 16.8. The van der Waals surface area contributed by atoms with Gasteiger partial charge in [-0.05, 0) is 19.8 Å². The fourth-order valence-corrected chi connectivity index (χ4v) is 0.677. The van der Waals surface area contributed by atoms with Crippen molar-refractivity contribution in [3.05, 3.63) is 12.7 Å². The molecule has 0 radical (unpaired) electrons. The van der Waals surface area contributed by atoms with Crippen molar-refractivity contribution in [2.24, 2.45) is 0 Å². The van der Waals surface area contributed by atoms with Crippen LogP contribution in [0.5, 0.6) is 0 Å². The highest BCUT2D eigenvalue weighted by atomic mass is 16.5. The largest absolute Gasteiger partial charge is 0.378 e. The van der Waals surface area contributed by atoms with Gasteiger partial charge in [0.1, 0.15) is 0 Å². The van der Waals surface area contributed by atoms with E-state index in [1.807, 2.05) is 6.08 Å². The molecule has 0 bridgehead atoms. The van der Waals surface area contributed by atoms with E-state index in [2.05, 4.69) is 20.4 Å². The molecule has 0 spiro atoms. The topological polar surface area (TPSA) is 9.23 Å². The molecule has 0 amide bonds. The Labute approximate surface area is 57.7 Å². The summed E-state index contributed by atoms with van der Waals surface area (Å²) < 4.78 is 5.26. The van der Waals surface area contributed by atoms with Gasteiger partial charge in [0, 0.05) is 7.11 Å². The predicted molar refractivity (Wildman–Crippen MR) is 40.5 cm³/mol. The molecule has 0 heterocycles. The van der Waals surface area contributed by atoms with Gasteiger partial charge in [-0.1, -0.05) is 13.0 Å². The van der Waals surface area contributed by atoms with Crippen molar-refractivity contribution < 1.29 is 4.74 Å². The highest BCUT2D eigenvalue weighted by Crippen LogP contribution is 2.18. The Morgan fingerprint density at radius 2 is 2.22 bits per heavy atom. The number of rotatable bonds is 4. The molecule has 0 saturated carbocycles. The van der Waals surface area contributed by atoms with E-state index in [1.165, 1.54) is 0 Å². The molecule has 0 aromatic heterocycles. The van der Waals surface area contributed by atoms with Crippen LogP contribution in [0.25, 0.3) is 0 Å². The van der Waals surface area contributed by atoms with E-state index in [4.69, 9.17) is 4.74 Å². The van der Waals surface area contributed by atoms with Gasteiger partial charge in [-0.15, -0.1) is 6.58 Å². The first-order valence-electron chi connectivity index (χ1n) is 3.34. The van der Waals surface area contributed by atoms with Crippen LogP contribution in [0, 0.1) is 0 Å². The third-order valence-corrected chi connectivity index (χ3v) is 1.82. The molecule has 0 aromatic rings. The Hall–Kier alpha value is -0.300. The first-order valence-corrected chi connectivity index (χ1v) is 3.34. The van der Waals surface area contributed by atoms with Gasteiger partial charge in [0.15, 0.2) is 0 Å². The molecule has 0 aliphatic rings. The average Bonchev–Trinajstić information content (AvgIpc) is 1.89. The third kappa shape index (κ3) is 2.66. The van der Waals surface area contributed by atoms with Gasteiger partial charge in [0.05, 0.1) is 5.60 Å². The molecule has 1 unspecified atom stereocenters. The van der Waals surface area contributed by atoms with Gasteiger partial charge in [0.25, 0.3) is 0 Å². The minimum Gasteiger partial charge on any atom is -0.378 e. The Balaban J connectivity index is 3.75. The molecule has 0 aliphatic heterocycles. The van der Waals surface area contributed by atoms with Gasteiger partial charge in [-0.2, -0.15) is 0 Å². The fraction of sp³-hybridized carbons (Fsp3) is 0.750. The molecule has 1 nitrogen and oxygen atoms in total. The summed E-state index contributed by atoms with van der Waals surface area (Å²) in [4.78, 5) is 0. The molecule has 54 valence electrons. The van der Waals surface area contributed by atoms with E-state index in [0.29, 0.717) is 0 Å². The van der Waals surface area contributed by atoms with Crippen LogP contribution in [0.4, 0.5) is 0 Å². The summed E-state index contributed by atoms with van der Waals surface area (Å²) in [6.07, 6.45) is 3.86. The second kappa shape index (κ2) is 3.67. The van der Waals surface area contributed by atoms with E-state index in [9.17, 15) is 0 Å². The number of hydrogen-bond donors (Lipinski definition) is 0. The molecular weight excluding hydrogens is 112 g/mol. The van der Waals surface area contributed by atoms with E-state index in [1.54, 1.807) is 7.11 Å². The Kier molecular flexibility index (Phi) is 3.55. The minimum absolute atomic E-state index is 0.0156. The van der Waals surface area contributed by atoms with E-state index in [0.717, 1.165) is 12.8 Å². The number of hydrogen-bond acceptors (Lipinski definition) is 1. The zero-order valence-electron chi connectivity index (χ0n) is 6.61. The standard InChI is InChI=1S/C8H16O/c1-5-7-8(3,6-2)9-4/h5H,1,6-7H2,2-4H3. The minimum atomic E-state index is 0.0156. The summed E-state index contributed by atoms with van der Waals surface area (Å²) in [7, 11) is 1.74. The molecule has 1 heteroatoms. The van der Waals surface area contributed by atoms with Crippen LogP contribution in [-0.2, 0) is 4.74 Å². The average molecular weight is 128 g/mol. The lowest BCUT2D eigenvalue weighted by molar-refractivity contribution is 0.00560. The molecule has 0 aliphatic carbocycles. The highest BCUT2D eigenvalue weighted by molar-refractivity contribution is 4.82. The van der Waals surface area contributed by atoms with Gasteiger partial charge >= 0.3 is 0 Å². The molecule has 9 heavy (non-hydrogen) atoms. The van der Waals surface area contributed by atoms with E-state index >= 15 is 0 Å². The Morgan fingerprint density at radius 1 is 1.67 bits per heavy atom. The smallest absolute Gasteiger partial charge is 0.0682 e.